The number of hydrogen-bond acceptors (Lipinski definition) is 5. The summed E-state index contributed by atoms with van der Waals surface area (Å²) in [5.74, 6) is -0.181. The summed E-state index contributed by atoms with van der Waals surface area (Å²) < 4.78 is 10.1. The molecule has 0 radical (unpaired) electrons. The number of amides is 1. The van der Waals surface area contributed by atoms with Crippen LogP contribution in [0.2, 0.25) is 5.02 Å². The molecule has 1 amide bonds. The average molecular weight is 363 g/mol. The second-order valence-corrected chi connectivity index (χ2v) is 6.16. The van der Waals surface area contributed by atoms with E-state index < -0.39 is 6.04 Å². The fraction of sp³-hybridized carbons (Fsp3) is 0.333. The number of carbonyl (C=O) groups excluding carboxylic acids is 2. The average Bonchev–Trinajstić information content (AvgIpc) is 3.18. The molecule has 6 nitrogen and oxygen atoms in total. The summed E-state index contributed by atoms with van der Waals surface area (Å²) >= 11 is 6.27. The van der Waals surface area contributed by atoms with E-state index in [1.165, 1.54) is 13.4 Å². The smallest absolute Gasteiger partial charge is 0.327 e. The molecule has 1 saturated heterocycles. The van der Waals surface area contributed by atoms with Gasteiger partial charge >= 0.3 is 5.97 Å². The van der Waals surface area contributed by atoms with Gasteiger partial charge in [-0.2, -0.15) is 0 Å². The molecule has 0 saturated carbocycles. The molecular formula is C18H19ClN2O4. The molecule has 0 N–H and O–H groups in total. The highest BCUT2D eigenvalue weighted by Gasteiger charge is 2.34. The summed E-state index contributed by atoms with van der Waals surface area (Å²) in [6.07, 6.45) is 1.48. The monoisotopic (exact) mass is 362 g/mol. The molecule has 1 fully saturated rings. The van der Waals surface area contributed by atoms with Crippen molar-refractivity contribution in [1.82, 2.24) is 9.80 Å². The van der Waals surface area contributed by atoms with Crippen molar-refractivity contribution < 1.29 is 18.7 Å². The quantitative estimate of drug-likeness (QED) is 0.782. The van der Waals surface area contributed by atoms with Gasteiger partial charge in [-0.25, -0.2) is 4.79 Å². The zero-order valence-electron chi connectivity index (χ0n) is 13.9. The van der Waals surface area contributed by atoms with Crippen molar-refractivity contribution in [3.05, 3.63) is 59.0 Å². The molecule has 7 heteroatoms. The van der Waals surface area contributed by atoms with Crippen molar-refractivity contribution >= 4 is 23.5 Å². The second kappa shape index (κ2) is 7.72. The van der Waals surface area contributed by atoms with Crippen LogP contribution >= 0.6 is 11.6 Å². The van der Waals surface area contributed by atoms with Crippen LogP contribution in [0.5, 0.6) is 0 Å². The number of benzene rings is 1. The standard InChI is InChI=1S/C18H19ClN2O4/c1-24-18(23)16(13-5-2-3-6-14(13)19)20-8-10-21(11-9-20)17(22)15-7-4-12-25-15/h2-7,12,16H,8-11H2,1H3. The molecule has 1 atom stereocenters. The Kier molecular flexibility index (Phi) is 5.40. The van der Waals surface area contributed by atoms with Crippen LogP contribution in [-0.4, -0.2) is 55.0 Å². The van der Waals surface area contributed by atoms with Gasteiger partial charge in [0.1, 0.15) is 6.04 Å². The molecule has 1 aromatic heterocycles. The van der Waals surface area contributed by atoms with Gasteiger partial charge < -0.3 is 14.1 Å². The van der Waals surface area contributed by atoms with Crippen LogP contribution in [0.4, 0.5) is 0 Å². The number of nitrogens with zero attached hydrogens (tertiary/aromatic N) is 2. The number of esters is 1. The van der Waals surface area contributed by atoms with Gasteiger partial charge in [0.05, 0.1) is 13.4 Å². The van der Waals surface area contributed by atoms with Gasteiger partial charge in [-0.15, -0.1) is 0 Å². The lowest BCUT2D eigenvalue weighted by atomic mass is 10.0. The molecule has 25 heavy (non-hydrogen) atoms. The van der Waals surface area contributed by atoms with Crippen LogP contribution < -0.4 is 0 Å². The fourth-order valence-electron chi connectivity index (χ4n) is 3.02. The van der Waals surface area contributed by atoms with Crippen LogP contribution in [0, 0.1) is 0 Å². The summed E-state index contributed by atoms with van der Waals surface area (Å²) in [4.78, 5) is 28.4. The Morgan fingerprint density at radius 3 is 2.44 bits per heavy atom. The van der Waals surface area contributed by atoms with E-state index in [1.807, 2.05) is 23.1 Å². The maximum Gasteiger partial charge on any atom is 0.327 e. The minimum Gasteiger partial charge on any atom is -0.468 e. The van der Waals surface area contributed by atoms with Crippen LogP contribution in [0.1, 0.15) is 22.2 Å². The summed E-state index contributed by atoms with van der Waals surface area (Å²) in [5, 5.41) is 0.520. The van der Waals surface area contributed by atoms with E-state index in [1.54, 1.807) is 23.1 Å². The van der Waals surface area contributed by atoms with E-state index in [0.717, 1.165) is 0 Å². The summed E-state index contributed by atoms with van der Waals surface area (Å²) in [6.45, 7) is 2.07. The Balaban J connectivity index is 1.73. The van der Waals surface area contributed by atoms with Gasteiger partial charge in [-0.3, -0.25) is 9.69 Å². The summed E-state index contributed by atoms with van der Waals surface area (Å²) in [7, 11) is 1.36. The molecule has 1 unspecified atom stereocenters. The first kappa shape index (κ1) is 17.5. The molecule has 0 bridgehead atoms. The van der Waals surface area contributed by atoms with Crippen LogP contribution in [0.3, 0.4) is 0 Å². The number of ether oxygens (including phenoxy) is 1. The Morgan fingerprint density at radius 2 is 1.84 bits per heavy atom. The Bertz CT molecular complexity index is 739. The number of hydrogen-bond donors (Lipinski definition) is 0. The van der Waals surface area contributed by atoms with Gasteiger partial charge in [0.2, 0.25) is 0 Å². The lowest BCUT2D eigenvalue weighted by Crippen LogP contribution is -2.51. The topological polar surface area (TPSA) is 63.0 Å². The first-order chi connectivity index (χ1) is 12.1. The normalized spacial score (nSPS) is 16.5. The molecule has 132 valence electrons. The van der Waals surface area contributed by atoms with Crippen molar-refractivity contribution in [2.45, 2.75) is 6.04 Å². The van der Waals surface area contributed by atoms with E-state index >= 15 is 0 Å². The van der Waals surface area contributed by atoms with E-state index in [2.05, 4.69) is 0 Å². The first-order valence-electron chi connectivity index (χ1n) is 8.01. The maximum atomic E-state index is 12.4. The predicted octanol–water partition coefficient (Wildman–Crippen LogP) is 2.61. The van der Waals surface area contributed by atoms with Gasteiger partial charge in [0.25, 0.3) is 5.91 Å². The third-order valence-electron chi connectivity index (χ3n) is 4.32. The Hall–Kier alpha value is -2.31. The van der Waals surface area contributed by atoms with Crippen LogP contribution in [-0.2, 0) is 9.53 Å². The molecule has 2 aromatic rings. The SMILES string of the molecule is COC(=O)C(c1ccccc1Cl)N1CCN(C(=O)c2ccco2)CC1. The number of furan rings is 1. The van der Waals surface area contributed by atoms with Crippen molar-refractivity contribution in [2.75, 3.05) is 33.3 Å². The highest BCUT2D eigenvalue weighted by atomic mass is 35.5. The van der Waals surface area contributed by atoms with Gasteiger partial charge in [-0.1, -0.05) is 29.8 Å². The summed E-state index contributed by atoms with van der Waals surface area (Å²) in [5.41, 5.74) is 0.710. The van der Waals surface area contributed by atoms with Gasteiger partial charge in [0.15, 0.2) is 5.76 Å². The van der Waals surface area contributed by atoms with E-state index in [-0.39, 0.29) is 11.9 Å². The van der Waals surface area contributed by atoms with Crippen molar-refractivity contribution in [2.24, 2.45) is 0 Å². The van der Waals surface area contributed by atoms with Crippen molar-refractivity contribution in [1.29, 1.82) is 0 Å². The van der Waals surface area contributed by atoms with Crippen molar-refractivity contribution in [3.8, 4) is 0 Å². The lowest BCUT2D eigenvalue weighted by Gasteiger charge is -2.38. The molecule has 2 heterocycles. The molecule has 1 aromatic carbocycles. The third-order valence-corrected chi connectivity index (χ3v) is 4.67. The Morgan fingerprint density at radius 1 is 1.12 bits per heavy atom. The van der Waals surface area contributed by atoms with E-state index in [0.29, 0.717) is 42.5 Å². The van der Waals surface area contributed by atoms with E-state index in [9.17, 15) is 9.59 Å². The number of methoxy groups -OCH3 is 1. The molecule has 0 aliphatic carbocycles. The number of halogens is 1. The van der Waals surface area contributed by atoms with Gasteiger partial charge in [-0.05, 0) is 23.8 Å². The zero-order chi connectivity index (χ0) is 17.8. The second-order valence-electron chi connectivity index (χ2n) is 5.75. The summed E-state index contributed by atoms with van der Waals surface area (Å²) in [6, 6.07) is 9.99. The fourth-order valence-corrected chi connectivity index (χ4v) is 3.26. The minimum absolute atomic E-state index is 0.142. The highest BCUT2D eigenvalue weighted by Crippen LogP contribution is 2.29. The largest absolute Gasteiger partial charge is 0.468 e. The minimum atomic E-state index is -0.584. The number of carbonyl (C=O) groups is 2. The Labute approximate surface area is 150 Å². The molecule has 1 aliphatic rings. The number of piperazine rings is 1. The van der Waals surface area contributed by atoms with Crippen LogP contribution in [0.15, 0.2) is 47.1 Å². The van der Waals surface area contributed by atoms with Crippen molar-refractivity contribution in [3.63, 3.8) is 0 Å². The van der Waals surface area contributed by atoms with Gasteiger partial charge in [0, 0.05) is 31.2 Å². The zero-order valence-corrected chi connectivity index (χ0v) is 14.6. The molecule has 0 spiro atoms. The third kappa shape index (κ3) is 3.70. The van der Waals surface area contributed by atoms with E-state index in [4.69, 9.17) is 20.8 Å². The maximum absolute atomic E-state index is 12.4. The first-order valence-corrected chi connectivity index (χ1v) is 8.38. The molecule has 3 rings (SSSR count). The predicted molar refractivity (Wildman–Crippen MR) is 92.4 cm³/mol. The highest BCUT2D eigenvalue weighted by molar-refractivity contribution is 6.31. The molecular weight excluding hydrogens is 344 g/mol. The lowest BCUT2D eigenvalue weighted by molar-refractivity contribution is -0.148. The number of rotatable bonds is 4. The molecule has 1 aliphatic heterocycles. The van der Waals surface area contributed by atoms with Crippen LogP contribution in [0.25, 0.3) is 0 Å².